The smallest absolute Gasteiger partial charge is 0.323 e. The fourth-order valence-corrected chi connectivity index (χ4v) is 1.36. The van der Waals surface area contributed by atoms with E-state index in [2.05, 4.69) is 0 Å². The molecule has 0 aliphatic heterocycles. The Labute approximate surface area is 93.7 Å². The lowest BCUT2D eigenvalue weighted by Crippen LogP contribution is -2.25. The van der Waals surface area contributed by atoms with E-state index in [4.69, 9.17) is 16.1 Å². The quantitative estimate of drug-likeness (QED) is 0.733. The number of nitrogen functional groups attached to an aromatic ring is 1. The van der Waals surface area contributed by atoms with E-state index < -0.39 is 5.97 Å². The van der Waals surface area contributed by atoms with Crippen LogP contribution < -0.4 is 10.6 Å². The van der Waals surface area contributed by atoms with E-state index in [0.717, 1.165) is 11.3 Å². The molecule has 0 fully saturated rings. The molecule has 0 amide bonds. The highest BCUT2D eigenvalue weighted by molar-refractivity contribution is 5.74. The topological polar surface area (TPSA) is 90.3 Å². The summed E-state index contributed by atoms with van der Waals surface area (Å²) >= 11 is 0. The summed E-state index contributed by atoms with van der Waals surface area (Å²) in [5.74, 6) is -0.902. The number of carbonyl (C=O) groups is 1. The van der Waals surface area contributed by atoms with E-state index in [1.165, 1.54) is 0 Å². The van der Waals surface area contributed by atoms with Crippen LogP contribution in [0.3, 0.4) is 0 Å². The molecule has 0 radical (unpaired) electrons. The number of aliphatic carboxylic acids is 1. The van der Waals surface area contributed by atoms with Crippen molar-refractivity contribution < 1.29 is 9.90 Å². The van der Waals surface area contributed by atoms with Crippen LogP contribution in [-0.2, 0) is 11.2 Å². The van der Waals surface area contributed by atoms with E-state index >= 15 is 0 Å². The molecule has 1 aromatic rings. The molecule has 0 saturated carbocycles. The van der Waals surface area contributed by atoms with Crippen molar-refractivity contribution in [1.82, 2.24) is 0 Å². The zero-order valence-corrected chi connectivity index (χ0v) is 8.97. The summed E-state index contributed by atoms with van der Waals surface area (Å²) in [5, 5.41) is 17.3. The maximum Gasteiger partial charge on any atom is 0.323 e. The minimum atomic E-state index is -0.902. The number of hydrogen-bond acceptors (Lipinski definition) is 4. The molecule has 5 nitrogen and oxygen atoms in total. The van der Waals surface area contributed by atoms with Crippen LogP contribution in [0.1, 0.15) is 5.56 Å². The molecular weight excluding hydrogens is 206 g/mol. The summed E-state index contributed by atoms with van der Waals surface area (Å²) < 4.78 is 0. The molecule has 0 bridgehead atoms. The molecule has 1 rings (SSSR count). The molecule has 0 heterocycles. The van der Waals surface area contributed by atoms with Crippen molar-refractivity contribution in [3.8, 4) is 6.07 Å². The Hall–Kier alpha value is -2.22. The van der Waals surface area contributed by atoms with Crippen LogP contribution in [0, 0.1) is 11.3 Å². The molecule has 0 unspecified atom stereocenters. The highest BCUT2D eigenvalue weighted by atomic mass is 16.4. The number of benzene rings is 1. The first kappa shape index (κ1) is 11.9. The van der Waals surface area contributed by atoms with Crippen LogP contribution in [0.2, 0.25) is 0 Å². The minimum Gasteiger partial charge on any atom is -0.480 e. The van der Waals surface area contributed by atoms with Crippen LogP contribution in [0.4, 0.5) is 11.4 Å². The van der Waals surface area contributed by atoms with Gasteiger partial charge >= 0.3 is 5.97 Å². The number of nitrogens with zero attached hydrogens (tertiary/aromatic N) is 2. The Kier molecular flexibility index (Phi) is 3.72. The zero-order valence-electron chi connectivity index (χ0n) is 8.97. The normalized spacial score (nSPS) is 9.50. The van der Waals surface area contributed by atoms with Crippen molar-refractivity contribution in [2.24, 2.45) is 0 Å². The average Bonchev–Trinajstić information content (AvgIpc) is 2.20. The monoisotopic (exact) mass is 219 g/mol. The van der Waals surface area contributed by atoms with Gasteiger partial charge < -0.3 is 15.7 Å². The fourth-order valence-electron chi connectivity index (χ4n) is 1.36. The lowest BCUT2D eigenvalue weighted by molar-refractivity contribution is -0.135. The first-order valence-corrected chi connectivity index (χ1v) is 4.73. The number of rotatable bonds is 4. The van der Waals surface area contributed by atoms with Crippen molar-refractivity contribution in [2.75, 3.05) is 24.2 Å². The second-order valence-corrected chi connectivity index (χ2v) is 3.47. The van der Waals surface area contributed by atoms with Gasteiger partial charge in [-0.05, 0) is 23.8 Å². The Morgan fingerprint density at radius 2 is 2.31 bits per heavy atom. The fraction of sp³-hybridized carbons (Fsp3) is 0.273. The van der Waals surface area contributed by atoms with E-state index in [0.29, 0.717) is 5.69 Å². The van der Waals surface area contributed by atoms with Crippen molar-refractivity contribution >= 4 is 17.3 Å². The van der Waals surface area contributed by atoms with Gasteiger partial charge in [-0.1, -0.05) is 0 Å². The summed E-state index contributed by atoms with van der Waals surface area (Å²) in [4.78, 5) is 12.1. The van der Waals surface area contributed by atoms with Gasteiger partial charge in [0.1, 0.15) is 6.54 Å². The highest BCUT2D eigenvalue weighted by Gasteiger charge is 2.07. The molecule has 0 aromatic heterocycles. The highest BCUT2D eigenvalue weighted by Crippen LogP contribution is 2.20. The third-order valence-corrected chi connectivity index (χ3v) is 2.21. The van der Waals surface area contributed by atoms with Gasteiger partial charge in [0.15, 0.2) is 0 Å². The predicted molar refractivity (Wildman–Crippen MR) is 61.1 cm³/mol. The second-order valence-electron chi connectivity index (χ2n) is 3.47. The molecule has 0 aliphatic rings. The van der Waals surface area contributed by atoms with E-state index in [9.17, 15) is 4.79 Å². The molecule has 0 saturated heterocycles. The maximum absolute atomic E-state index is 10.5. The van der Waals surface area contributed by atoms with Crippen LogP contribution in [-0.4, -0.2) is 24.7 Å². The average molecular weight is 219 g/mol. The third kappa shape index (κ3) is 2.89. The van der Waals surface area contributed by atoms with Gasteiger partial charge in [-0.25, -0.2) is 0 Å². The van der Waals surface area contributed by atoms with Gasteiger partial charge in [-0.3, -0.25) is 4.79 Å². The van der Waals surface area contributed by atoms with E-state index in [1.807, 2.05) is 6.07 Å². The number of carboxylic acid groups (broad SMARTS) is 1. The molecule has 1 aromatic carbocycles. The Balaban J connectivity index is 2.94. The number of nitriles is 1. The first-order chi connectivity index (χ1) is 7.54. The van der Waals surface area contributed by atoms with Crippen molar-refractivity contribution in [2.45, 2.75) is 6.42 Å². The van der Waals surface area contributed by atoms with Gasteiger partial charge in [0.05, 0.1) is 12.5 Å². The third-order valence-electron chi connectivity index (χ3n) is 2.21. The van der Waals surface area contributed by atoms with Crippen molar-refractivity contribution in [3.63, 3.8) is 0 Å². The summed E-state index contributed by atoms with van der Waals surface area (Å²) in [6, 6.07) is 7.17. The number of likely N-dealkylation sites (N-methyl/N-ethyl adjacent to an activating group) is 1. The molecule has 16 heavy (non-hydrogen) atoms. The Bertz CT molecular complexity index is 437. The number of nitrogens with two attached hydrogens (primary N) is 1. The summed E-state index contributed by atoms with van der Waals surface area (Å²) in [5.41, 5.74) is 7.70. The molecule has 0 atom stereocenters. The van der Waals surface area contributed by atoms with Gasteiger partial charge in [0.2, 0.25) is 0 Å². The summed E-state index contributed by atoms with van der Waals surface area (Å²) in [6.07, 6.45) is 0.223. The minimum absolute atomic E-state index is 0.0874. The first-order valence-electron chi connectivity index (χ1n) is 4.73. The largest absolute Gasteiger partial charge is 0.480 e. The van der Waals surface area contributed by atoms with Gasteiger partial charge in [-0.15, -0.1) is 0 Å². The lowest BCUT2D eigenvalue weighted by Gasteiger charge is -2.17. The summed E-state index contributed by atoms with van der Waals surface area (Å²) in [7, 11) is 1.68. The van der Waals surface area contributed by atoms with Crippen molar-refractivity contribution in [1.29, 1.82) is 5.26 Å². The van der Waals surface area contributed by atoms with Crippen LogP contribution in [0.5, 0.6) is 0 Å². The number of anilines is 2. The second kappa shape index (κ2) is 5.03. The Morgan fingerprint density at radius 1 is 1.62 bits per heavy atom. The molecule has 0 aliphatic carbocycles. The molecule has 84 valence electrons. The van der Waals surface area contributed by atoms with Crippen LogP contribution in [0.25, 0.3) is 0 Å². The molecule has 5 heteroatoms. The van der Waals surface area contributed by atoms with E-state index in [-0.39, 0.29) is 13.0 Å². The zero-order chi connectivity index (χ0) is 12.1. The molecular formula is C11H13N3O2. The Morgan fingerprint density at radius 3 is 2.88 bits per heavy atom. The van der Waals surface area contributed by atoms with Gasteiger partial charge in [0.25, 0.3) is 0 Å². The number of hydrogen-bond donors (Lipinski definition) is 2. The van der Waals surface area contributed by atoms with Crippen molar-refractivity contribution in [3.05, 3.63) is 23.8 Å². The maximum atomic E-state index is 10.5. The molecule has 3 N–H and O–H groups in total. The SMILES string of the molecule is CN(CC(=O)O)c1ccc(N)c(CC#N)c1. The van der Waals surface area contributed by atoms with Gasteiger partial charge in [-0.2, -0.15) is 5.26 Å². The van der Waals surface area contributed by atoms with Crippen LogP contribution in [0.15, 0.2) is 18.2 Å². The number of carboxylic acids is 1. The molecule has 0 spiro atoms. The lowest BCUT2D eigenvalue weighted by atomic mass is 10.1. The van der Waals surface area contributed by atoms with E-state index in [1.54, 1.807) is 30.1 Å². The van der Waals surface area contributed by atoms with Gasteiger partial charge in [0, 0.05) is 18.4 Å². The standard InChI is InChI=1S/C11H13N3O2/c1-14(7-11(15)16)9-2-3-10(13)8(6-9)4-5-12/h2-3,6H,4,7,13H2,1H3,(H,15,16). The predicted octanol–water partition coefficient (Wildman–Crippen LogP) is 0.856. The van der Waals surface area contributed by atoms with Crippen LogP contribution >= 0.6 is 0 Å². The summed E-state index contributed by atoms with van der Waals surface area (Å²) in [6.45, 7) is -0.0874.